The summed E-state index contributed by atoms with van der Waals surface area (Å²) in [5.74, 6) is 0.717. The van der Waals surface area contributed by atoms with Crippen LogP contribution in [0.15, 0.2) is 0 Å². The minimum atomic E-state index is 0.378. The third kappa shape index (κ3) is 4.40. The molecule has 0 amide bonds. The molecule has 0 aromatic heterocycles. The van der Waals surface area contributed by atoms with Gasteiger partial charge in [0.2, 0.25) is 0 Å². The lowest BCUT2D eigenvalue weighted by molar-refractivity contribution is -0.0108. The number of ether oxygens (including phenoxy) is 2. The van der Waals surface area contributed by atoms with Gasteiger partial charge in [0.05, 0.1) is 6.10 Å². The van der Waals surface area contributed by atoms with Crippen LogP contribution in [0.3, 0.4) is 0 Å². The molecule has 84 valence electrons. The highest BCUT2D eigenvalue weighted by Gasteiger charge is 2.15. The van der Waals surface area contributed by atoms with Crippen molar-refractivity contribution in [2.45, 2.75) is 32.3 Å². The van der Waals surface area contributed by atoms with Crippen LogP contribution in [0.4, 0.5) is 0 Å². The van der Waals surface area contributed by atoms with E-state index in [1.165, 1.54) is 0 Å². The van der Waals surface area contributed by atoms with Gasteiger partial charge >= 0.3 is 0 Å². The first-order chi connectivity index (χ1) is 6.86. The molecule has 14 heavy (non-hydrogen) atoms. The van der Waals surface area contributed by atoms with Crippen molar-refractivity contribution in [3.05, 3.63) is 0 Å². The van der Waals surface area contributed by atoms with E-state index in [0.717, 1.165) is 51.5 Å². The standard InChI is InChI=1S/C11H23NO2/c1-3-11(8-12-2)14-9-10-4-6-13-7-5-10/h10-12H,3-9H2,1-2H3. The van der Waals surface area contributed by atoms with Crippen LogP contribution in [0.25, 0.3) is 0 Å². The second-order valence-electron chi connectivity index (χ2n) is 3.98. The maximum Gasteiger partial charge on any atom is 0.0696 e. The van der Waals surface area contributed by atoms with E-state index >= 15 is 0 Å². The lowest BCUT2D eigenvalue weighted by atomic mass is 10.0. The van der Waals surface area contributed by atoms with Crippen LogP contribution in [-0.2, 0) is 9.47 Å². The van der Waals surface area contributed by atoms with Crippen LogP contribution in [-0.4, -0.2) is 39.5 Å². The highest BCUT2D eigenvalue weighted by atomic mass is 16.5. The fraction of sp³-hybridized carbons (Fsp3) is 1.00. The van der Waals surface area contributed by atoms with Gasteiger partial charge < -0.3 is 14.8 Å². The zero-order chi connectivity index (χ0) is 10.2. The van der Waals surface area contributed by atoms with Gasteiger partial charge in [-0.15, -0.1) is 0 Å². The summed E-state index contributed by atoms with van der Waals surface area (Å²) >= 11 is 0. The molecule has 1 aliphatic rings. The van der Waals surface area contributed by atoms with Gasteiger partial charge in [-0.25, -0.2) is 0 Å². The number of hydrogen-bond donors (Lipinski definition) is 1. The molecular formula is C11H23NO2. The van der Waals surface area contributed by atoms with Crippen LogP contribution in [0, 0.1) is 5.92 Å². The number of rotatable bonds is 6. The van der Waals surface area contributed by atoms with Crippen molar-refractivity contribution >= 4 is 0 Å². The van der Waals surface area contributed by atoms with E-state index in [-0.39, 0.29) is 0 Å². The normalized spacial score (nSPS) is 21.0. The second-order valence-corrected chi connectivity index (χ2v) is 3.98. The molecular weight excluding hydrogens is 178 g/mol. The fourth-order valence-corrected chi connectivity index (χ4v) is 1.73. The first kappa shape index (κ1) is 12.0. The summed E-state index contributed by atoms with van der Waals surface area (Å²) in [6.45, 7) is 5.86. The third-order valence-corrected chi connectivity index (χ3v) is 2.80. The summed E-state index contributed by atoms with van der Waals surface area (Å²) in [4.78, 5) is 0. The maximum absolute atomic E-state index is 5.85. The Kier molecular flexibility index (Phi) is 6.15. The minimum absolute atomic E-state index is 0.378. The first-order valence-corrected chi connectivity index (χ1v) is 5.70. The summed E-state index contributed by atoms with van der Waals surface area (Å²) < 4.78 is 11.2. The molecule has 0 spiro atoms. The topological polar surface area (TPSA) is 30.5 Å². The van der Waals surface area contributed by atoms with E-state index in [2.05, 4.69) is 12.2 Å². The van der Waals surface area contributed by atoms with Crippen LogP contribution < -0.4 is 5.32 Å². The van der Waals surface area contributed by atoms with Gasteiger partial charge in [0, 0.05) is 26.4 Å². The third-order valence-electron chi connectivity index (χ3n) is 2.80. The van der Waals surface area contributed by atoms with Gasteiger partial charge in [0.1, 0.15) is 0 Å². The zero-order valence-electron chi connectivity index (χ0n) is 9.42. The molecule has 0 aromatic rings. The van der Waals surface area contributed by atoms with Gasteiger partial charge in [0.25, 0.3) is 0 Å². The van der Waals surface area contributed by atoms with Crippen LogP contribution >= 0.6 is 0 Å². The SMILES string of the molecule is CCC(CNC)OCC1CCOCC1. The smallest absolute Gasteiger partial charge is 0.0696 e. The van der Waals surface area contributed by atoms with Gasteiger partial charge in [-0.05, 0) is 32.2 Å². The summed E-state index contributed by atoms with van der Waals surface area (Å²) in [5.41, 5.74) is 0. The summed E-state index contributed by atoms with van der Waals surface area (Å²) in [6, 6.07) is 0. The number of nitrogens with one attached hydrogen (secondary N) is 1. The fourth-order valence-electron chi connectivity index (χ4n) is 1.73. The maximum atomic E-state index is 5.85. The van der Waals surface area contributed by atoms with Crippen LogP contribution in [0.2, 0.25) is 0 Å². The van der Waals surface area contributed by atoms with Crippen molar-refractivity contribution in [2.75, 3.05) is 33.4 Å². The van der Waals surface area contributed by atoms with E-state index in [1.54, 1.807) is 0 Å². The van der Waals surface area contributed by atoms with E-state index in [4.69, 9.17) is 9.47 Å². The quantitative estimate of drug-likeness (QED) is 0.705. The molecule has 1 N–H and O–H groups in total. The Balaban J connectivity index is 2.10. The molecule has 3 nitrogen and oxygen atoms in total. The zero-order valence-corrected chi connectivity index (χ0v) is 9.42. The average molecular weight is 201 g/mol. The number of likely N-dealkylation sites (N-methyl/N-ethyl adjacent to an activating group) is 1. The van der Waals surface area contributed by atoms with E-state index < -0.39 is 0 Å². The van der Waals surface area contributed by atoms with Crippen molar-refractivity contribution in [1.29, 1.82) is 0 Å². The van der Waals surface area contributed by atoms with Crippen molar-refractivity contribution < 1.29 is 9.47 Å². The molecule has 0 bridgehead atoms. The Labute approximate surface area is 87.2 Å². The molecule has 1 saturated heterocycles. The molecule has 0 aliphatic carbocycles. The molecule has 1 heterocycles. The predicted octanol–water partition coefficient (Wildman–Crippen LogP) is 1.43. The van der Waals surface area contributed by atoms with Gasteiger partial charge in [-0.2, -0.15) is 0 Å². The van der Waals surface area contributed by atoms with E-state index in [9.17, 15) is 0 Å². The molecule has 1 rings (SSSR count). The van der Waals surface area contributed by atoms with Crippen molar-refractivity contribution in [3.8, 4) is 0 Å². The van der Waals surface area contributed by atoms with Crippen molar-refractivity contribution in [3.63, 3.8) is 0 Å². The minimum Gasteiger partial charge on any atom is -0.381 e. The Morgan fingerprint density at radius 3 is 2.71 bits per heavy atom. The molecule has 1 atom stereocenters. The first-order valence-electron chi connectivity index (χ1n) is 5.70. The molecule has 3 heteroatoms. The van der Waals surface area contributed by atoms with E-state index in [0.29, 0.717) is 6.10 Å². The largest absolute Gasteiger partial charge is 0.381 e. The number of hydrogen-bond acceptors (Lipinski definition) is 3. The Morgan fingerprint density at radius 1 is 1.43 bits per heavy atom. The predicted molar refractivity (Wildman–Crippen MR) is 57.5 cm³/mol. The molecule has 1 fully saturated rings. The molecule has 1 aliphatic heterocycles. The Bertz CT molecular complexity index is 130. The highest BCUT2D eigenvalue weighted by Crippen LogP contribution is 2.15. The monoisotopic (exact) mass is 201 g/mol. The summed E-state index contributed by atoms with van der Waals surface area (Å²) in [5, 5.41) is 3.16. The van der Waals surface area contributed by atoms with Crippen LogP contribution in [0.1, 0.15) is 26.2 Å². The molecule has 0 aromatic carbocycles. The van der Waals surface area contributed by atoms with Gasteiger partial charge in [-0.1, -0.05) is 6.92 Å². The lowest BCUT2D eigenvalue weighted by Gasteiger charge is -2.24. The molecule has 0 saturated carbocycles. The van der Waals surface area contributed by atoms with Gasteiger partial charge in [0.15, 0.2) is 0 Å². The second kappa shape index (κ2) is 7.21. The summed E-state index contributed by atoms with van der Waals surface area (Å²) in [6.07, 6.45) is 3.79. The van der Waals surface area contributed by atoms with Crippen LogP contribution in [0.5, 0.6) is 0 Å². The van der Waals surface area contributed by atoms with Crippen molar-refractivity contribution in [1.82, 2.24) is 5.32 Å². The Hall–Kier alpha value is -0.120. The lowest BCUT2D eigenvalue weighted by Crippen LogP contribution is -2.29. The average Bonchev–Trinajstić information content (AvgIpc) is 2.25. The summed E-state index contributed by atoms with van der Waals surface area (Å²) in [7, 11) is 1.97. The van der Waals surface area contributed by atoms with Gasteiger partial charge in [-0.3, -0.25) is 0 Å². The highest BCUT2D eigenvalue weighted by molar-refractivity contribution is 4.65. The molecule has 1 unspecified atom stereocenters. The molecule has 0 radical (unpaired) electrons. The Morgan fingerprint density at radius 2 is 2.14 bits per heavy atom. The van der Waals surface area contributed by atoms with E-state index in [1.807, 2.05) is 7.05 Å². The van der Waals surface area contributed by atoms with Crippen molar-refractivity contribution in [2.24, 2.45) is 5.92 Å².